The third-order valence-electron chi connectivity index (χ3n) is 4.92. The van der Waals surface area contributed by atoms with Crippen molar-refractivity contribution in [3.05, 3.63) is 71.2 Å². The van der Waals surface area contributed by atoms with E-state index in [0.717, 1.165) is 22.0 Å². The minimum atomic E-state index is -0.261. The molecule has 0 aliphatic heterocycles. The number of hydrogen-bond donors (Lipinski definition) is 2. The van der Waals surface area contributed by atoms with Crippen LogP contribution in [0.15, 0.2) is 70.2 Å². The summed E-state index contributed by atoms with van der Waals surface area (Å²) in [4.78, 5) is 17.2. The van der Waals surface area contributed by atoms with Gasteiger partial charge in [0.15, 0.2) is 16.0 Å². The highest BCUT2D eigenvalue weighted by Crippen LogP contribution is 2.31. The number of hydrogen-bond acceptors (Lipinski definition) is 8. The minimum Gasteiger partial charge on any atom is -0.508 e. The van der Waals surface area contributed by atoms with E-state index in [4.69, 9.17) is 4.98 Å². The van der Waals surface area contributed by atoms with Crippen LogP contribution in [0.5, 0.6) is 5.75 Å². The van der Waals surface area contributed by atoms with E-state index in [1.54, 1.807) is 31.2 Å². The summed E-state index contributed by atoms with van der Waals surface area (Å²) in [5.41, 5.74) is 5.93. The van der Waals surface area contributed by atoms with Crippen molar-refractivity contribution < 1.29 is 9.90 Å². The molecule has 10 heteroatoms. The molecule has 174 valence electrons. The second-order valence-electron chi connectivity index (χ2n) is 7.78. The molecule has 4 aromatic rings. The molecule has 0 bridgehead atoms. The Morgan fingerprint density at radius 2 is 1.88 bits per heavy atom. The van der Waals surface area contributed by atoms with Gasteiger partial charge in [0.2, 0.25) is 0 Å². The predicted molar refractivity (Wildman–Crippen MR) is 136 cm³/mol. The summed E-state index contributed by atoms with van der Waals surface area (Å²) >= 11 is 2.81. The number of phenolic OH excluding ortho intramolecular Hbond substituents is 1. The zero-order chi connectivity index (χ0) is 24.1. The van der Waals surface area contributed by atoms with Gasteiger partial charge in [-0.15, -0.1) is 21.5 Å². The lowest BCUT2D eigenvalue weighted by Crippen LogP contribution is -2.21. The highest BCUT2D eigenvalue weighted by molar-refractivity contribution is 7.99. The van der Waals surface area contributed by atoms with E-state index in [2.05, 4.69) is 34.6 Å². The second-order valence-corrected chi connectivity index (χ2v) is 9.58. The van der Waals surface area contributed by atoms with Crippen molar-refractivity contribution in [1.29, 1.82) is 0 Å². The van der Waals surface area contributed by atoms with Crippen LogP contribution < -0.4 is 5.43 Å². The molecule has 1 amide bonds. The number of amides is 1. The van der Waals surface area contributed by atoms with E-state index in [9.17, 15) is 9.90 Å². The van der Waals surface area contributed by atoms with E-state index < -0.39 is 0 Å². The van der Waals surface area contributed by atoms with E-state index in [-0.39, 0.29) is 17.4 Å². The molecule has 0 atom stereocenters. The number of nitrogens with one attached hydrogen (secondary N) is 1. The van der Waals surface area contributed by atoms with Crippen LogP contribution in [0.4, 0.5) is 0 Å². The van der Waals surface area contributed by atoms with Crippen molar-refractivity contribution in [2.45, 2.75) is 31.8 Å². The standard InChI is InChI=1S/C24H24N6O2S2/c1-15(2)20-13-33-23(25-20)22-28-29-24(30(22)18-7-5-4-6-8-18)34-14-21(32)27-26-16(3)17-9-11-19(31)12-10-17/h4-13,15,31H,14H2,1-3H3,(H,27,32)/b26-16+. The fourth-order valence-electron chi connectivity index (χ4n) is 3.04. The number of thioether (sulfide) groups is 1. The normalized spacial score (nSPS) is 11.7. The third kappa shape index (κ3) is 5.52. The zero-order valence-corrected chi connectivity index (χ0v) is 20.6. The van der Waals surface area contributed by atoms with Gasteiger partial charge in [-0.3, -0.25) is 9.36 Å². The lowest BCUT2D eigenvalue weighted by molar-refractivity contribution is -0.118. The molecule has 4 rings (SSSR count). The van der Waals surface area contributed by atoms with Gasteiger partial charge in [0.05, 0.1) is 17.2 Å². The van der Waals surface area contributed by atoms with Gasteiger partial charge >= 0.3 is 0 Å². The average Bonchev–Trinajstić information content (AvgIpc) is 3.49. The predicted octanol–water partition coefficient (Wildman–Crippen LogP) is 4.85. The maximum atomic E-state index is 12.5. The Hall–Kier alpha value is -3.50. The molecule has 2 aromatic heterocycles. The molecule has 0 unspecified atom stereocenters. The van der Waals surface area contributed by atoms with E-state index >= 15 is 0 Å². The first kappa shape index (κ1) is 23.7. The summed E-state index contributed by atoms with van der Waals surface area (Å²) in [5, 5.41) is 25.7. The van der Waals surface area contributed by atoms with Crippen molar-refractivity contribution in [1.82, 2.24) is 25.2 Å². The quantitative estimate of drug-likeness (QED) is 0.207. The van der Waals surface area contributed by atoms with Crippen LogP contribution >= 0.6 is 23.1 Å². The van der Waals surface area contributed by atoms with E-state index in [0.29, 0.717) is 22.6 Å². The molecule has 2 heterocycles. The van der Waals surface area contributed by atoms with Crippen molar-refractivity contribution >= 4 is 34.7 Å². The number of rotatable bonds is 8. The zero-order valence-electron chi connectivity index (χ0n) is 19.0. The molecule has 0 fully saturated rings. The Balaban J connectivity index is 1.51. The first-order chi connectivity index (χ1) is 16.4. The Kier molecular flexibility index (Phi) is 7.39. The SMILES string of the molecule is C/C(=N\NC(=O)CSc1nnc(-c2nc(C(C)C)cs2)n1-c1ccccc1)c1ccc(O)cc1. The average molecular weight is 493 g/mol. The third-order valence-corrected chi connectivity index (χ3v) is 6.70. The van der Waals surface area contributed by atoms with Gasteiger partial charge in [-0.25, -0.2) is 10.4 Å². The molecule has 34 heavy (non-hydrogen) atoms. The molecular formula is C24H24N6O2S2. The minimum absolute atomic E-state index is 0.117. The maximum absolute atomic E-state index is 12.5. The lowest BCUT2D eigenvalue weighted by atomic mass is 10.1. The van der Waals surface area contributed by atoms with Crippen molar-refractivity contribution in [3.8, 4) is 22.3 Å². The monoisotopic (exact) mass is 492 g/mol. The van der Waals surface area contributed by atoms with Crippen molar-refractivity contribution in [3.63, 3.8) is 0 Å². The van der Waals surface area contributed by atoms with Gasteiger partial charge in [-0.05, 0) is 54.8 Å². The summed E-state index contributed by atoms with van der Waals surface area (Å²) in [6.07, 6.45) is 0. The fourth-order valence-corrected chi connectivity index (χ4v) is 4.74. The van der Waals surface area contributed by atoms with Crippen LogP contribution in [0, 0.1) is 0 Å². The first-order valence-corrected chi connectivity index (χ1v) is 12.5. The summed E-state index contributed by atoms with van der Waals surface area (Å²) < 4.78 is 1.92. The molecule has 2 aromatic carbocycles. The van der Waals surface area contributed by atoms with Crippen LogP contribution in [0.1, 0.15) is 37.9 Å². The van der Waals surface area contributed by atoms with Gasteiger partial charge in [-0.1, -0.05) is 43.8 Å². The van der Waals surface area contributed by atoms with Gasteiger partial charge in [0.25, 0.3) is 5.91 Å². The summed E-state index contributed by atoms with van der Waals surface area (Å²) in [5.74, 6) is 1.00. The highest BCUT2D eigenvalue weighted by Gasteiger charge is 2.20. The molecule has 2 N–H and O–H groups in total. The number of thiazole rings is 1. The molecule has 0 aliphatic rings. The smallest absolute Gasteiger partial charge is 0.250 e. The van der Waals surface area contributed by atoms with E-state index in [1.165, 1.54) is 23.1 Å². The number of carbonyl (C=O) groups excluding carboxylic acids is 1. The number of phenols is 1. The summed E-state index contributed by atoms with van der Waals surface area (Å²) in [6.45, 7) is 6.00. The summed E-state index contributed by atoms with van der Waals surface area (Å²) in [6, 6.07) is 16.4. The molecule has 0 aliphatic carbocycles. The van der Waals surface area contributed by atoms with Crippen LogP contribution in [-0.2, 0) is 4.79 Å². The number of carbonyl (C=O) groups is 1. The fraction of sp³-hybridized carbons (Fsp3) is 0.208. The van der Waals surface area contributed by atoms with Crippen molar-refractivity contribution in [2.24, 2.45) is 5.10 Å². The molecule has 0 saturated heterocycles. The highest BCUT2D eigenvalue weighted by atomic mass is 32.2. The maximum Gasteiger partial charge on any atom is 0.250 e. The molecule has 0 spiro atoms. The van der Waals surface area contributed by atoms with Gasteiger partial charge in [0.1, 0.15) is 5.75 Å². The van der Waals surface area contributed by atoms with Crippen LogP contribution in [0.25, 0.3) is 16.5 Å². The van der Waals surface area contributed by atoms with Crippen LogP contribution in [-0.4, -0.2) is 42.2 Å². The Morgan fingerprint density at radius 3 is 2.56 bits per heavy atom. The Bertz CT molecular complexity index is 1300. The number of para-hydroxylation sites is 1. The van der Waals surface area contributed by atoms with Crippen LogP contribution in [0.3, 0.4) is 0 Å². The number of hydrazone groups is 1. The molecule has 8 nitrogen and oxygen atoms in total. The number of aromatic nitrogens is 4. The summed E-state index contributed by atoms with van der Waals surface area (Å²) in [7, 11) is 0. The van der Waals surface area contributed by atoms with Crippen LogP contribution in [0.2, 0.25) is 0 Å². The Labute approximate surface area is 205 Å². The number of benzene rings is 2. The van der Waals surface area contributed by atoms with E-state index in [1.807, 2.05) is 40.3 Å². The number of nitrogens with zero attached hydrogens (tertiary/aromatic N) is 5. The second kappa shape index (κ2) is 10.6. The van der Waals surface area contributed by atoms with Gasteiger partial charge < -0.3 is 5.11 Å². The molecular weight excluding hydrogens is 468 g/mol. The van der Waals surface area contributed by atoms with Gasteiger partial charge in [0, 0.05) is 11.1 Å². The largest absolute Gasteiger partial charge is 0.508 e. The van der Waals surface area contributed by atoms with Gasteiger partial charge in [-0.2, -0.15) is 5.10 Å². The molecule has 0 radical (unpaired) electrons. The van der Waals surface area contributed by atoms with Crippen molar-refractivity contribution in [2.75, 3.05) is 5.75 Å². The Morgan fingerprint density at radius 1 is 1.15 bits per heavy atom. The number of aromatic hydroxyl groups is 1. The first-order valence-electron chi connectivity index (χ1n) is 10.6. The molecule has 0 saturated carbocycles. The topological polar surface area (TPSA) is 105 Å². The lowest BCUT2D eigenvalue weighted by Gasteiger charge is -2.09.